The van der Waals surface area contributed by atoms with Gasteiger partial charge in [0.1, 0.15) is 0 Å². The van der Waals surface area contributed by atoms with Gasteiger partial charge in [-0.1, -0.05) is 58.0 Å². The molecule has 0 aliphatic carbocycles. The quantitative estimate of drug-likeness (QED) is 0.269. The molecule has 0 atom stereocenters. The molecule has 0 saturated carbocycles. The minimum atomic E-state index is 0.149. The number of benzene rings is 1. The van der Waals surface area contributed by atoms with Gasteiger partial charge in [-0.3, -0.25) is 4.98 Å². The van der Waals surface area contributed by atoms with E-state index in [0.29, 0.717) is 5.56 Å². The molecule has 0 spiro atoms. The first-order chi connectivity index (χ1) is 8.43. The molecule has 1 aromatic carbocycles. The highest BCUT2D eigenvalue weighted by atomic mass is 127. The molecule has 94 valence electrons. The maximum Gasteiger partial charge on any atom is 0.0809 e. The molecule has 0 amide bonds. The average Bonchev–Trinajstić information content (AvgIpc) is 2.34. The summed E-state index contributed by atoms with van der Waals surface area (Å²) in [5, 5.41) is 1.04. The first-order valence-corrected chi connectivity index (χ1v) is 7.52. The smallest absolute Gasteiger partial charge is 0.0809 e. The van der Waals surface area contributed by atoms with E-state index in [0.717, 1.165) is 9.13 Å². The van der Waals surface area contributed by atoms with Crippen LogP contribution in [0.15, 0.2) is 18.5 Å². The van der Waals surface area contributed by atoms with Crippen LogP contribution in [0, 0.1) is 3.57 Å². The van der Waals surface area contributed by atoms with Gasteiger partial charge in [0.25, 0.3) is 0 Å². The Balaban J connectivity index is 2.80. The number of rotatable bonds is 1. The Morgan fingerprint density at radius 2 is 1.28 bits per heavy atom. The third kappa shape index (κ3) is 2.69. The molecule has 0 bridgehead atoms. The van der Waals surface area contributed by atoms with Crippen LogP contribution in [-0.2, 0) is 0 Å². The topological polar surface area (TPSA) is 12.9 Å². The van der Waals surface area contributed by atoms with E-state index in [2.05, 4.69) is 27.6 Å². The Morgan fingerprint density at radius 1 is 0.778 bits per heavy atom. The van der Waals surface area contributed by atoms with Gasteiger partial charge in [-0.15, -0.1) is 0 Å². The molecule has 0 radical (unpaired) electrons. The van der Waals surface area contributed by atoms with Crippen LogP contribution in [0.25, 0.3) is 11.1 Å². The van der Waals surface area contributed by atoms with Crippen molar-refractivity contribution in [3.8, 4) is 11.1 Å². The number of nitrogens with zero attached hydrogens (tertiary/aromatic N) is 1. The molecule has 2 aromatic rings. The van der Waals surface area contributed by atoms with Gasteiger partial charge in [-0.25, -0.2) is 0 Å². The van der Waals surface area contributed by atoms with Gasteiger partial charge in [0.2, 0.25) is 0 Å². The van der Waals surface area contributed by atoms with Crippen molar-refractivity contribution in [2.75, 3.05) is 0 Å². The fraction of sp³-hybridized carbons (Fsp3) is 0. The third-order valence-corrected chi connectivity index (χ3v) is 5.07. The van der Waals surface area contributed by atoms with Gasteiger partial charge >= 0.3 is 0 Å². The fourth-order valence-corrected chi connectivity index (χ4v) is 3.26. The van der Waals surface area contributed by atoms with Crippen molar-refractivity contribution < 1.29 is 0 Å². The van der Waals surface area contributed by atoms with E-state index in [1.807, 2.05) is 6.07 Å². The van der Waals surface area contributed by atoms with Crippen LogP contribution >= 0.6 is 80.6 Å². The molecule has 1 heterocycles. The summed E-state index contributed by atoms with van der Waals surface area (Å²) in [7, 11) is 0. The van der Waals surface area contributed by atoms with E-state index < -0.39 is 0 Å². The Kier molecular flexibility index (Phi) is 4.90. The van der Waals surface area contributed by atoms with Crippen molar-refractivity contribution in [3.05, 3.63) is 47.1 Å². The molecule has 18 heavy (non-hydrogen) atoms. The Morgan fingerprint density at radius 3 is 1.78 bits per heavy atom. The van der Waals surface area contributed by atoms with E-state index in [1.54, 1.807) is 12.4 Å². The lowest BCUT2D eigenvalue weighted by atomic mass is 10.1. The highest BCUT2D eigenvalue weighted by Gasteiger charge is 2.20. The van der Waals surface area contributed by atoms with Crippen molar-refractivity contribution in [1.82, 2.24) is 4.98 Å². The first-order valence-electron chi connectivity index (χ1n) is 4.55. The monoisotopic (exact) mass is 451 g/mol. The molecule has 0 aliphatic rings. The van der Waals surface area contributed by atoms with Gasteiger partial charge in [0.15, 0.2) is 0 Å². The summed E-state index contributed by atoms with van der Waals surface area (Å²) in [6, 6.07) is 1.88. The van der Waals surface area contributed by atoms with Crippen molar-refractivity contribution in [2.24, 2.45) is 0 Å². The van der Waals surface area contributed by atoms with Crippen LogP contribution in [0.3, 0.4) is 0 Å². The number of aromatic nitrogens is 1. The van der Waals surface area contributed by atoms with Crippen LogP contribution in [0.2, 0.25) is 25.1 Å². The van der Waals surface area contributed by atoms with Gasteiger partial charge in [-0.2, -0.15) is 0 Å². The van der Waals surface area contributed by atoms with Crippen LogP contribution < -0.4 is 0 Å². The van der Waals surface area contributed by atoms with Crippen LogP contribution in [0.5, 0.6) is 0 Å². The molecule has 7 heteroatoms. The summed E-state index contributed by atoms with van der Waals surface area (Å²) < 4.78 is 0.944. The minimum absolute atomic E-state index is 0.149. The normalized spacial score (nSPS) is 10.8. The summed E-state index contributed by atoms with van der Waals surface area (Å²) in [5.41, 5.74) is 1.26. The van der Waals surface area contributed by atoms with Crippen molar-refractivity contribution in [1.29, 1.82) is 0 Å². The van der Waals surface area contributed by atoms with Crippen LogP contribution in [-0.4, -0.2) is 4.98 Å². The predicted octanol–water partition coefficient (Wildman–Crippen LogP) is 6.62. The molecule has 0 saturated heterocycles. The molecule has 1 aromatic heterocycles. The number of hydrogen-bond acceptors (Lipinski definition) is 1. The maximum atomic E-state index is 6.17. The lowest BCUT2D eigenvalue weighted by Gasteiger charge is -2.12. The van der Waals surface area contributed by atoms with Crippen LogP contribution in [0.1, 0.15) is 0 Å². The Labute approximate surface area is 142 Å². The van der Waals surface area contributed by atoms with Gasteiger partial charge in [0.05, 0.1) is 25.1 Å². The zero-order chi connectivity index (χ0) is 13.4. The molecular formula is C11H3Cl5IN. The van der Waals surface area contributed by atoms with Gasteiger partial charge in [0, 0.05) is 27.1 Å². The van der Waals surface area contributed by atoms with Gasteiger partial charge < -0.3 is 0 Å². The number of halogens is 6. The molecule has 0 fully saturated rings. The SMILES string of the molecule is Clc1c(Cl)c(Cl)c(-c2cncc(I)c2)c(Cl)c1Cl. The minimum Gasteiger partial charge on any atom is -0.263 e. The van der Waals surface area contributed by atoms with E-state index >= 15 is 0 Å². The average molecular weight is 453 g/mol. The summed E-state index contributed by atoms with van der Waals surface area (Å²) in [6.45, 7) is 0. The van der Waals surface area contributed by atoms with Gasteiger partial charge in [-0.05, 0) is 28.7 Å². The lowest BCUT2D eigenvalue weighted by molar-refractivity contribution is 1.31. The van der Waals surface area contributed by atoms with Crippen molar-refractivity contribution >= 4 is 80.6 Å². The van der Waals surface area contributed by atoms with E-state index in [1.165, 1.54) is 0 Å². The van der Waals surface area contributed by atoms with Crippen molar-refractivity contribution in [3.63, 3.8) is 0 Å². The maximum absolute atomic E-state index is 6.17. The standard InChI is InChI=1S/C11H3Cl5IN/c12-7-6(4-1-5(17)3-18-2-4)8(13)10(15)11(16)9(7)14/h1-3H. The lowest BCUT2D eigenvalue weighted by Crippen LogP contribution is -1.88. The van der Waals surface area contributed by atoms with Crippen molar-refractivity contribution in [2.45, 2.75) is 0 Å². The Hall–Kier alpha value is 0.550. The molecule has 0 aliphatic heterocycles. The van der Waals surface area contributed by atoms with E-state index in [9.17, 15) is 0 Å². The summed E-state index contributed by atoms with van der Waals surface area (Å²) in [5.74, 6) is 0. The summed E-state index contributed by atoms with van der Waals surface area (Å²) in [4.78, 5) is 4.08. The molecule has 2 rings (SSSR count). The molecule has 0 N–H and O–H groups in total. The zero-order valence-corrected chi connectivity index (χ0v) is 14.4. The highest BCUT2D eigenvalue weighted by Crippen LogP contribution is 2.48. The van der Waals surface area contributed by atoms with E-state index in [-0.39, 0.29) is 25.1 Å². The van der Waals surface area contributed by atoms with Crippen LogP contribution in [0.4, 0.5) is 0 Å². The number of pyridine rings is 1. The largest absolute Gasteiger partial charge is 0.263 e. The van der Waals surface area contributed by atoms with E-state index in [4.69, 9.17) is 58.0 Å². The molecular weight excluding hydrogens is 450 g/mol. The Bertz CT molecular complexity index is 600. The molecule has 1 nitrogen and oxygen atoms in total. The number of hydrogen-bond donors (Lipinski definition) is 0. The third-order valence-electron chi connectivity index (χ3n) is 2.20. The second-order valence-corrected chi connectivity index (χ2v) is 6.47. The molecule has 0 unspecified atom stereocenters. The first kappa shape index (κ1) is 14.9. The summed E-state index contributed by atoms with van der Waals surface area (Å²) >= 11 is 32.5. The highest BCUT2D eigenvalue weighted by molar-refractivity contribution is 14.1. The summed E-state index contributed by atoms with van der Waals surface area (Å²) in [6.07, 6.45) is 3.35. The fourth-order valence-electron chi connectivity index (χ4n) is 1.41. The second-order valence-electron chi connectivity index (χ2n) is 3.34. The zero-order valence-electron chi connectivity index (χ0n) is 8.45. The second kappa shape index (κ2) is 5.90. The predicted molar refractivity (Wildman–Crippen MR) is 87.4 cm³/mol.